The Hall–Kier alpha value is -0.710. The molecule has 0 radical (unpaired) electrons. The number of hydrogen-bond acceptors (Lipinski definition) is 3. The van der Waals surface area contributed by atoms with E-state index >= 15 is 0 Å². The summed E-state index contributed by atoms with van der Waals surface area (Å²) < 4.78 is 0. The fraction of sp³-hybridized carbons (Fsp3) is 0.417. The smallest absolute Gasteiger partial charge is 0.230 e. The fourth-order valence-corrected chi connectivity index (χ4v) is 1.91. The van der Waals surface area contributed by atoms with Crippen molar-refractivity contribution in [2.24, 2.45) is 5.73 Å². The lowest BCUT2D eigenvalue weighted by molar-refractivity contribution is -0.118. The fourth-order valence-electron chi connectivity index (χ4n) is 1.06. The average Bonchev–Trinajstić information content (AvgIpc) is 2.25. The van der Waals surface area contributed by atoms with E-state index in [0.717, 1.165) is 4.90 Å². The summed E-state index contributed by atoms with van der Waals surface area (Å²) in [6.07, 6.45) is 0. The first kappa shape index (κ1) is 14.4. The van der Waals surface area contributed by atoms with Gasteiger partial charge in [0.15, 0.2) is 0 Å². The van der Waals surface area contributed by atoms with Crippen LogP contribution in [0.3, 0.4) is 0 Å². The molecule has 0 saturated heterocycles. The number of amides is 1. The predicted molar refractivity (Wildman–Crippen MR) is 73.5 cm³/mol. The summed E-state index contributed by atoms with van der Waals surface area (Å²) >= 11 is 7.25. The molecular weight excluding hydrogens is 256 g/mol. The molecule has 5 heteroatoms. The zero-order chi connectivity index (χ0) is 12.9. The number of nitrogens with two attached hydrogens (primary N) is 1. The summed E-state index contributed by atoms with van der Waals surface area (Å²) in [5.74, 6) is 0.376. The van der Waals surface area contributed by atoms with Crippen LogP contribution in [0.1, 0.15) is 13.8 Å². The van der Waals surface area contributed by atoms with Crippen molar-refractivity contribution < 1.29 is 4.79 Å². The molecule has 1 aromatic rings. The molecule has 0 spiro atoms. The molecule has 17 heavy (non-hydrogen) atoms. The molecule has 0 atom stereocenters. The molecule has 0 saturated carbocycles. The Balaban J connectivity index is 2.31. The molecule has 0 aliphatic rings. The van der Waals surface area contributed by atoms with Crippen LogP contribution in [-0.4, -0.2) is 23.7 Å². The molecule has 0 bridgehead atoms. The van der Waals surface area contributed by atoms with Gasteiger partial charge in [-0.25, -0.2) is 0 Å². The number of benzene rings is 1. The van der Waals surface area contributed by atoms with E-state index < -0.39 is 0 Å². The van der Waals surface area contributed by atoms with Crippen molar-refractivity contribution in [3.8, 4) is 0 Å². The number of thioether (sulfide) groups is 1. The van der Waals surface area contributed by atoms with Crippen LogP contribution in [0.5, 0.6) is 0 Å². The number of rotatable bonds is 5. The van der Waals surface area contributed by atoms with Crippen molar-refractivity contribution in [1.82, 2.24) is 5.32 Å². The first-order valence-corrected chi connectivity index (χ1v) is 6.67. The van der Waals surface area contributed by atoms with Gasteiger partial charge in [-0.15, -0.1) is 11.8 Å². The van der Waals surface area contributed by atoms with E-state index in [2.05, 4.69) is 5.32 Å². The Bertz CT molecular complexity index is 373. The van der Waals surface area contributed by atoms with Gasteiger partial charge in [-0.3, -0.25) is 4.79 Å². The summed E-state index contributed by atoms with van der Waals surface area (Å²) in [7, 11) is 0. The minimum atomic E-state index is -0.374. The zero-order valence-corrected chi connectivity index (χ0v) is 11.6. The van der Waals surface area contributed by atoms with Crippen molar-refractivity contribution in [2.45, 2.75) is 24.3 Å². The maximum absolute atomic E-state index is 11.5. The van der Waals surface area contributed by atoms with Gasteiger partial charge in [0.1, 0.15) is 0 Å². The standard InChI is InChI=1S/C12H17ClN2OS/c1-12(2,14)8-15-11(16)7-17-10-5-3-9(13)4-6-10/h3-6H,7-8,14H2,1-2H3,(H,15,16). The quantitative estimate of drug-likeness (QED) is 0.809. The summed E-state index contributed by atoms with van der Waals surface area (Å²) in [5, 5.41) is 3.49. The summed E-state index contributed by atoms with van der Waals surface area (Å²) in [4.78, 5) is 12.5. The molecule has 3 N–H and O–H groups in total. The van der Waals surface area contributed by atoms with Crippen LogP contribution in [0.25, 0.3) is 0 Å². The van der Waals surface area contributed by atoms with Gasteiger partial charge in [0, 0.05) is 22.0 Å². The van der Waals surface area contributed by atoms with E-state index in [-0.39, 0.29) is 11.4 Å². The third-order valence-corrected chi connectivity index (χ3v) is 3.19. The number of carbonyl (C=O) groups is 1. The first-order chi connectivity index (χ1) is 7.87. The maximum Gasteiger partial charge on any atom is 0.230 e. The summed E-state index contributed by atoms with van der Waals surface area (Å²) in [6.45, 7) is 4.23. The molecule has 0 fully saturated rings. The number of nitrogens with one attached hydrogen (secondary N) is 1. The molecule has 1 rings (SSSR count). The molecule has 94 valence electrons. The first-order valence-electron chi connectivity index (χ1n) is 5.31. The molecule has 0 unspecified atom stereocenters. The van der Waals surface area contributed by atoms with E-state index in [1.54, 1.807) is 0 Å². The highest BCUT2D eigenvalue weighted by Crippen LogP contribution is 2.19. The molecule has 0 aliphatic heterocycles. The third kappa shape index (κ3) is 6.56. The van der Waals surface area contributed by atoms with Gasteiger partial charge in [-0.1, -0.05) is 11.6 Å². The van der Waals surface area contributed by atoms with Gasteiger partial charge < -0.3 is 11.1 Å². The van der Waals surface area contributed by atoms with Crippen LogP contribution in [-0.2, 0) is 4.79 Å². The second-order valence-electron chi connectivity index (χ2n) is 4.51. The largest absolute Gasteiger partial charge is 0.354 e. The van der Waals surface area contributed by atoms with Gasteiger partial charge in [0.2, 0.25) is 5.91 Å². The van der Waals surface area contributed by atoms with Crippen LogP contribution >= 0.6 is 23.4 Å². The van der Waals surface area contributed by atoms with Crippen molar-refractivity contribution in [3.05, 3.63) is 29.3 Å². The Morgan fingerprint density at radius 3 is 2.53 bits per heavy atom. The van der Waals surface area contributed by atoms with E-state index in [1.165, 1.54) is 11.8 Å². The monoisotopic (exact) mass is 272 g/mol. The molecule has 0 aliphatic carbocycles. The number of hydrogen-bond donors (Lipinski definition) is 2. The topological polar surface area (TPSA) is 55.1 Å². The highest BCUT2D eigenvalue weighted by atomic mass is 35.5. The van der Waals surface area contributed by atoms with Gasteiger partial charge in [-0.05, 0) is 38.1 Å². The van der Waals surface area contributed by atoms with Crippen molar-refractivity contribution in [2.75, 3.05) is 12.3 Å². The minimum absolute atomic E-state index is 0.0107. The SMILES string of the molecule is CC(C)(N)CNC(=O)CSc1ccc(Cl)cc1. The zero-order valence-electron chi connectivity index (χ0n) is 10.00. The second kappa shape index (κ2) is 6.28. The Labute approximate surface area is 111 Å². The van der Waals surface area contributed by atoms with Crippen LogP contribution < -0.4 is 11.1 Å². The lowest BCUT2D eigenvalue weighted by atomic mass is 10.1. The number of carbonyl (C=O) groups excluding carboxylic acids is 1. The normalized spacial score (nSPS) is 11.3. The van der Waals surface area contributed by atoms with E-state index in [0.29, 0.717) is 17.3 Å². The molecular formula is C12H17ClN2OS. The molecule has 1 amide bonds. The van der Waals surface area contributed by atoms with Gasteiger partial charge >= 0.3 is 0 Å². The van der Waals surface area contributed by atoms with Gasteiger partial charge in [-0.2, -0.15) is 0 Å². The Morgan fingerprint density at radius 1 is 1.41 bits per heavy atom. The summed E-state index contributed by atoms with van der Waals surface area (Å²) in [6, 6.07) is 7.41. The molecule has 1 aromatic carbocycles. The third-order valence-electron chi connectivity index (χ3n) is 1.92. The maximum atomic E-state index is 11.5. The highest BCUT2D eigenvalue weighted by Gasteiger charge is 2.12. The molecule has 0 aromatic heterocycles. The lowest BCUT2D eigenvalue weighted by Crippen LogP contribution is -2.45. The summed E-state index contributed by atoms with van der Waals surface area (Å²) in [5.41, 5.74) is 5.40. The van der Waals surface area contributed by atoms with E-state index in [4.69, 9.17) is 17.3 Å². The van der Waals surface area contributed by atoms with Crippen LogP contribution in [0, 0.1) is 0 Å². The van der Waals surface area contributed by atoms with Crippen LogP contribution in [0.4, 0.5) is 0 Å². The Morgan fingerprint density at radius 2 is 2.00 bits per heavy atom. The van der Waals surface area contributed by atoms with E-state index in [1.807, 2.05) is 38.1 Å². The minimum Gasteiger partial charge on any atom is -0.354 e. The van der Waals surface area contributed by atoms with Crippen LogP contribution in [0.2, 0.25) is 5.02 Å². The van der Waals surface area contributed by atoms with Crippen molar-refractivity contribution in [3.63, 3.8) is 0 Å². The van der Waals surface area contributed by atoms with Crippen LogP contribution in [0.15, 0.2) is 29.2 Å². The van der Waals surface area contributed by atoms with Crippen molar-refractivity contribution in [1.29, 1.82) is 0 Å². The molecule has 0 heterocycles. The van der Waals surface area contributed by atoms with Gasteiger partial charge in [0.25, 0.3) is 0 Å². The number of halogens is 1. The van der Waals surface area contributed by atoms with Crippen molar-refractivity contribution >= 4 is 29.3 Å². The molecule has 3 nitrogen and oxygen atoms in total. The lowest BCUT2D eigenvalue weighted by Gasteiger charge is -2.18. The average molecular weight is 273 g/mol. The predicted octanol–water partition coefficient (Wildman–Crippen LogP) is 2.29. The van der Waals surface area contributed by atoms with Gasteiger partial charge in [0.05, 0.1) is 5.75 Å². The second-order valence-corrected chi connectivity index (χ2v) is 5.99. The Kier molecular flexibility index (Phi) is 5.31. The highest BCUT2D eigenvalue weighted by molar-refractivity contribution is 8.00. The van der Waals surface area contributed by atoms with E-state index in [9.17, 15) is 4.79 Å².